The van der Waals surface area contributed by atoms with E-state index >= 15 is 0 Å². The molecule has 2 aromatic carbocycles. The molecule has 0 bridgehead atoms. The van der Waals surface area contributed by atoms with Gasteiger partial charge in [0.25, 0.3) is 0 Å². The first-order valence-electron chi connectivity index (χ1n) is 9.16. The smallest absolute Gasteiger partial charge is 0.194 e. The second kappa shape index (κ2) is 6.49. The summed E-state index contributed by atoms with van der Waals surface area (Å²) in [7, 11) is 3.98. The first kappa shape index (κ1) is 16.7. The van der Waals surface area contributed by atoms with Crippen molar-refractivity contribution in [1.29, 1.82) is 0 Å². The number of likely N-dealkylation sites (N-methyl/N-ethyl adjacent to an activating group) is 1. The number of halogens is 1. The molecule has 130 valence electrons. The first-order chi connectivity index (χ1) is 12.2. The molecule has 0 atom stereocenters. The molecule has 2 aliphatic rings. The van der Waals surface area contributed by atoms with Gasteiger partial charge >= 0.3 is 0 Å². The zero-order valence-corrected chi connectivity index (χ0v) is 15.8. The molecule has 3 heteroatoms. The Bertz CT molecular complexity index is 834. The highest BCUT2D eigenvalue weighted by Crippen LogP contribution is 2.47. The van der Waals surface area contributed by atoms with Crippen molar-refractivity contribution in [3.8, 4) is 5.75 Å². The Morgan fingerprint density at radius 3 is 2.56 bits per heavy atom. The minimum absolute atomic E-state index is 0.0247. The van der Waals surface area contributed by atoms with Crippen LogP contribution in [0.1, 0.15) is 42.4 Å². The molecule has 0 amide bonds. The quantitative estimate of drug-likeness (QED) is 0.718. The minimum atomic E-state index is 0.0247. The normalized spacial score (nSPS) is 19.0. The summed E-state index contributed by atoms with van der Waals surface area (Å²) in [4.78, 5) is 0. The Balaban J connectivity index is 1.93. The van der Waals surface area contributed by atoms with Gasteiger partial charge in [0.05, 0.1) is 12.5 Å². The fourth-order valence-corrected chi connectivity index (χ4v) is 5.14. The topological polar surface area (TPSA) is 12.2 Å². The molecular weight excluding hydrogens is 330 g/mol. The van der Waals surface area contributed by atoms with Gasteiger partial charge in [-0.2, -0.15) is 0 Å². The van der Waals surface area contributed by atoms with Gasteiger partial charge < -0.3 is 4.74 Å². The van der Waals surface area contributed by atoms with Crippen LogP contribution in [-0.2, 0) is 11.8 Å². The number of hydrogen-bond acceptors (Lipinski definition) is 1. The van der Waals surface area contributed by atoms with E-state index in [-0.39, 0.29) is 5.41 Å². The second-order valence-corrected chi connectivity index (χ2v) is 7.72. The maximum atomic E-state index is 6.68. The van der Waals surface area contributed by atoms with Crippen molar-refractivity contribution in [3.63, 3.8) is 0 Å². The highest BCUT2D eigenvalue weighted by atomic mass is 35.5. The van der Waals surface area contributed by atoms with Crippen LogP contribution in [0.15, 0.2) is 42.5 Å². The van der Waals surface area contributed by atoms with E-state index in [0.29, 0.717) is 0 Å². The molecule has 1 fully saturated rings. The second-order valence-electron chi connectivity index (χ2n) is 7.31. The van der Waals surface area contributed by atoms with Crippen molar-refractivity contribution in [2.24, 2.45) is 0 Å². The summed E-state index contributed by atoms with van der Waals surface area (Å²) in [6.45, 7) is 1.04. The fraction of sp³-hybridized carbons (Fsp3) is 0.409. The van der Waals surface area contributed by atoms with Crippen LogP contribution in [0.3, 0.4) is 0 Å². The summed E-state index contributed by atoms with van der Waals surface area (Å²) >= 11 is 6.68. The lowest BCUT2D eigenvalue weighted by atomic mass is 9.70. The Hall–Kier alpha value is -1.80. The molecule has 4 rings (SSSR count). The van der Waals surface area contributed by atoms with E-state index < -0.39 is 0 Å². The van der Waals surface area contributed by atoms with Gasteiger partial charge in [-0.05, 0) is 48.2 Å². The van der Waals surface area contributed by atoms with E-state index in [0.717, 1.165) is 23.7 Å². The van der Waals surface area contributed by atoms with Gasteiger partial charge in [0.2, 0.25) is 0 Å². The van der Waals surface area contributed by atoms with E-state index in [2.05, 4.69) is 42.0 Å². The van der Waals surface area contributed by atoms with Gasteiger partial charge in [0, 0.05) is 17.0 Å². The third kappa shape index (κ3) is 2.67. The van der Waals surface area contributed by atoms with Crippen LogP contribution in [-0.4, -0.2) is 31.0 Å². The van der Waals surface area contributed by atoms with E-state index in [4.69, 9.17) is 16.3 Å². The largest absolute Gasteiger partial charge is 0.497 e. The standard InChI is InChI=1S/C22H25ClNO/c1-24-14-11-16-15-17(25-2)9-10-18(16)21(24)22(12-5-6-13-22)19-7-3-4-8-20(19)23/h3-4,7-10,15H,5-6,11-14H2,1-2H3/q+1. The summed E-state index contributed by atoms with van der Waals surface area (Å²) in [5.74, 6) is 0.945. The number of hydrogen-bond donors (Lipinski definition) is 0. The number of benzene rings is 2. The summed E-state index contributed by atoms with van der Waals surface area (Å²) in [5, 5.41) is 0.894. The van der Waals surface area contributed by atoms with E-state index in [1.165, 1.54) is 48.1 Å². The van der Waals surface area contributed by atoms with E-state index in [1.54, 1.807) is 7.11 Å². The lowest BCUT2D eigenvalue weighted by Gasteiger charge is -2.33. The third-order valence-corrected chi connectivity index (χ3v) is 6.30. The molecule has 0 N–H and O–H groups in total. The van der Waals surface area contributed by atoms with Crippen LogP contribution in [0.5, 0.6) is 5.75 Å². The highest BCUT2D eigenvalue weighted by molar-refractivity contribution is 6.32. The Labute approximate surface area is 155 Å². The van der Waals surface area contributed by atoms with Gasteiger partial charge in [-0.3, -0.25) is 0 Å². The van der Waals surface area contributed by atoms with Gasteiger partial charge in [0.1, 0.15) is 19.3 Å². The molecule has 25 heavy (non-hydrogen) atoms. The molecule has 2 aromatic rings. The van der Waals surface area contributed by atoms with Gasteiger partial charge in [0.15, 0.2) is 5.71 Å². The number of methoxy groups -OCH3 is 1. The lowest BCUT2D eigenvalue weighted by Crippen LogP contribution is -2.43. The van der Waals surface area contributed by atoms with Crippen molar-refractivity contribution < 1.29 is 9.31 Å². The molecule has 1 heterocycles. The van der Waals surface area contributed by atoms with Crippen molar-refractivity contribution in [1.82, 2.24) is 0 Å². The predicted molar refractivity (Wildman–Crippen MR) is 103 cm³/mol. The molecular formula is C22H25ClNO+. The zero-order chi connectivity index (χ0) is 17.4. The summed E-state index contributed by atoms with van der Waals surface area (Å²) in [6.07, 6.45) is 5.91. The minimum Gasteiger partial charge on any atom is -0.497 e. The van der Waals surface area contributed by atoms with Gasteiger partial charge in [-0.1, -0.05) is 42.6 Å². The van der Waals surface area contributed by atoms with E-state index in [1.807, 2.05) is 12.1 Å². The lowest BCUT2D eigenvalue weighted by molar-refractivity contribution is -0.500. The summed E-state index contributed by atoms with van der Waals surface area (Å²) in [6, 6.07) is 15.0. The molecule has 0 aromatic heterocycles. The number of nitrogens with zero attached hydrogens (tertiary/aromatic N) is 1. The van der Waals surface area contributed by atoms with Gasteiger partial charge in [-0.15, -0.1) is 0 Å². The molecule has 0 saturated heterocycles. The molecule has 1 aliphatic heterocycles. The summed E-state index contributed by atoms with van der Waals surface area (Å²) < 4.78 is 7.91. The molecule has 0 unspecified atom stereocenters. The number of fused-ring (bicyclic) bond motifs is 1. The summed E-state index contributed by atoms with van der Waals surface area (Å²) in [5.41, 5.74) is 5.53. The first-order valence-corrected chi connectivity index (χ1v) is 9.54. The number of rotatable bonds is 3. The highest BCUT2D eigenvalue weighted by Gasteiger charge is 2.48. The average Bonchev–Trinajstić information content (AvgIpc) is 3.12. The van der Waals surface area contributed by atoms with Crippen LogP contribution < -0.4 is 4.74 Å². The van der Waals surface area contributed by atoms with Crippen LogP contribution in [0, 0.1) is 0 Å². The van der Waals surface area contributed by atoms with Crippen molar-refractivity contribution in [2.75, 3.05) is 20.7 Å². The van der Waals surface area contributed by atoms with Crippen LogP contribution in [0.25, 0.3) is 0 Å². The SMILES string of the molecule is COc1ccc2c(c1)CC[N+](C)=C2C1(c2ccccc2Cl)CCCC1. The molecule has 0 spiro atoms. The maximum Gasteiger partial charge on any atom is 0.194 e. The monoisotopic (exact) mass is 354 g/mol. The Kier molecular flexibility index (Phi) is 4.33. The molecule has 1 aliphatic carbocycles. The third-order valence-electron chi connectivity index (χ3n) is 5.97. The van der Waals surface area contributed by atoms with Crippen molar-refractivity contribution in [3.05, 3.63) is 64.2 Å². The van der Waals surface area contributed by atoms with E-state index in [9.17, 15) is 0 Å². The maximum absolute atomic E-state index is 6.68. The van der Waals surface area contributed by atoms with Crippen LogP contribution in [0.4, 0.5) is 0 Å². The Morgan fingerprint density at radius 1 is 1.08 bits per heavy atom. The predicted octanol–water partition coefficient (Wildman–Crippen LogP) is 4.85. The average molecular weight is 355 g/mol. The molecule has 0 radical (unpaired) electrons. The van der Waals surface area contributed by atoms with Crippen molar-refractivity contribution >= 4 is 17.3 Å². The zero-order valence-electron chi connectivity index (χ0n) is 15.0. The molecule has 2 nitrogen and oxygen atoms in total. The van der Waals surface area contributed by atoms with Crippen molar-refractivity contribution in [2.45, 2.75) is 37.5 Å². The Morgan fingerprint density at radius 2 is 1.84 bits per heavy atom. The fourth-order valence-electron chi connectivity index (χ4n) is 4.83. The van der Waals surface area contributed by atoms with Gasteiger partial charge in [-0.25, -0.2) is 4.58 Å². The number of ether oxygens (including phenoxy) is 1. The van der Waals surface area contributed by atoms with Crippen LogP contribution in [0.2, 0.25) is 5.02 Å². The molecule has 1 saturated carbocycles. The van der Waals surface area contributed by atoms with Crippen LogP contribution >= 0.6 is 11.6 Å².